The van der Waals surface area contributed by atoms with Gasteiger partial charge in [0.05, 0.1) is 19.3 Å². The predicted molar refractivity (Wildman–Crippen MR) is 120 cm³/mol. The summed E-state index contributed by atoms with van der Waals surface area (Å²) >= 11 is 5.91. The van der Waals surface area contributed by atoms with Crippen molar-refractivity contribution in [1.82, 2.24) is 9.78 Å². The lowest BCUT2D eigenvalue weighted by Gasteiger charge is -2.11. The molecule has 1 amide bonds. The Morgan fingerprint density at radius 2 is 1.87 bits per heavy atom. The quantitative estimate of drug-likeness (QED) is 0.601. The molecule has 0 spiro atoms. The van der Waals surface area contributed by atoms with Crippen molar-refractivity contribution in [3.8, 4) is 17.0 Å². The highest BCUT2D eigenvalue weighted by Crippen LogP contribution is 2.21. The molecule has 0 fully saturated rings. The van der Waals surface area contributed by atoms with Crippen molar-refractivity contribution >= 4 is 29.3 Å². The lowest BCUT2D eigenvalue weighted by atomic mass is 10.1. The van der Waals surface area contributed by atoms with Crippen LogP contribution >= 0.6 is 11.6 Å². The van der Waals surface area contributed by atoms with E-state index in [9.17, 15) is 9.59 Å². The van der Waals surface area contributed by atoms with Gasteiger partial charge in [-0.25, -0.2) is 4.68 Å². The number of anilines is 1. The monoisotopic (exact) mass is 423 g/mol. The lowest BCUT2D eigenvalue weighted by molar-refractivity contribution is -0.115. The molecule has 6 nitrogen and oxygen atoms in total. The van der Waals surface area contributed by atoms with Crippen LogP contribution in [0.15, 0.2) is 65.5 Å². The summed E-state index contributed by atoms with van der Waals surface area (Å²) < 4.78 is 6.52. The van der Waals surface area contributed by atoms with Crippen molar-refractivity contribution in [3.05, 3.63) is 81.6 Å². The molecule has 30 heavy (non-hydrogen) atoms. The summed E-state index contributed by atoms with van der Waals surface area (Å²) in [5.41, 5.74) is 2.16. The Kier molecular flexibility index (Phi) is 7.03. The topological polar surface area (TPSA) is 73.2 Å². The van der Waals surface area contributed by atoms with Gasteiger partial charge in [-0.2, -0.15) is 5.10 Å². The van der Waals surface area contributed by atoms with E-state index < -0.39 is 0 Å². The van der Waals surface area contributed by atoms with Crippen molar-refractivity contribution in [3.63, 3.8) is 0 Å². The minimum absolute atomic E-state index is 0.197. The molecule has 0 unspecified atom stereocenters. The second kappa shape index (κ2) is 9.89. The fraction of sp³-hybridized carbons (Fsp3) is 0.174. The van der Waals surface area contributed by atoms with Crippen LogP contribution in [0, 0.1) is 0 Å². The van der Waals surface area contributed by atoms with Gasteiger partial charge in [0, 0.05) is 17.0 Å². The van der Waals surface area contributed by atoms with Crippen molar-refractivity contribution in [2.24, 2.45) is 0 Å². The Morgan fingerprint density at radius 1 is 1.17 bits per heavy atom. The first-order chi connectivity index (χ1) is 14.5. The Balaban J connectivity index is 1.95. The molecule has 1 aromatic heterocycles. The van der Waals surface area contributed by atoms with Gasteiger partial charge in [0.1, 0.15) is 11.4 Å². The van der Waals surface area contributed by atoms with Crippen LogP contribution in [0.3, 0.4) is 0 Å². The Morgan fingerprint density at radius 3 is 2.50 bits per heavy atom. The van der Waals surface area contributed by atoms with E-state index in [1.54, 1.807) is 32.2 Å². The second-order valence-corrected chi connectivity index (χ2v) is 6.95. The first-order valence-corrected chi connectivity index (χ1v) is 9.86. The molecule has 0 saturated heterocycles. The number of hydrogen-bond acceptors (Lipinski definition) is 4. The van der Waals surface area contributed by atoms with Crippen LogP contribution in [0.2, 0.25) is 5.02 Å². The van der Waals surface area contributed by atoms with E-state index in [0.717, 1.165) is 16.9 Å². The Hall–Kier alpha value is -3.38. The number of nitrogens with one attached hydrogen (secondary N) is 1. The number of benzene rings is 2. The molecule has 0 aliphatic heterocycles. The van der Waals surface area contributed by atoms with Crippen LogP contribution in [0.25, 0.3) is 17.3 Å². The molecular formula is C23H22ClN3O3. The van der Waals surface area contributed by atoms with Gasteiger partial charge in [0.15, 0.2) is 0 Å². The highest BCUT2D eigenvalue weighted by molar-refractivity contribution is 6.30. The van der Waals surface area contributed by atoms with Gasteiger partial charge in [-0.05, 0) is 48.0 Å². The SMILES string of the molecule is CCC(=O)Nc1cc(-c2ccc(OC)cc2)nn(CC=Cc2ccc(Cl)cc2)c1=O. The van der Waals surface area contributed by atoms with Crippen molar-refractivity contribution in [2.75, 3.05) is 12.4 Å². The van der Waals surface area contributed by atoms with Gasteiger partial charge in [-0.3, -0.25) is 9.59 Å². The smallest absolute Gasteiger partial charge is 0.290 e. The number of amides is 1. The van der Waals surface area contributed by atoms with Crippen molar-refractivity contribution in [2.45, 2.75) is 19.9 Å². The van der Waals surface area contributed by atoms with Crippen LogP contribution in [0.1, 0.15) is 18.9 Å². The maximum atomic E-state index is 12.8. The number of hydrogen-bond donors (Lipinski definition) is 1. The molecule has 7 heteroatoms. The van der Waals surface area contributed by atoms with E-state index in [0.29, 0.717) is 10.7 Å². The third-order valence-corrected chi connectivity index (χ3v) is 4.67. The minimum Gasteiger partial charge on any atom is -0.497 e. The second-order valence-electron chi connectivity index (χ2n) is 6.51. The average molecular weight is 424 g/mol. The zero-order chi connectivity index (χ0) is 21.5. The summed E-state index contributed by atoms with van der Waals surface area (Å²) in [5.74, 6) is 0.486. The largest absolute Gasteiger partial charge is 0.497 e. The highest BCUT2D eigenvalue weighted by atomic mass is 35.5. The lowest BCUT2D eigenvalue weighted by Crippen LogP contribution is -2.27. The van der Waals surface area contributed by atoms with Gasteiger partial charge in [-0.15, -0.1) is 0 Å². The molecule has 3 rings (SSSR count). The molecule has 0 saturated carbocycles. The van der Waals surface area contributed by atoms with E-state index in [-0.39, 0.29) is 30.1 Å². The number of nitrogens with zero attached hydrogens (tertiary/aromatic N) is 2. The minimum atomic E-state index is -0.366. The van der Waals surface area contributed by atoms with Gasteiger partial charge in [0.2, 0.25) is 5.91 Å². The van der Waals surface area contributed by atoms with Crippen LogP contribution in [0.4, 0.5) is 5.69 Å². The number of carbonyl (C=O) groups excluding carboxylic acids is 1. The number of rotatable bonds is 7. The van der Waals surface area contributed by atoms with Crippen LogP contribution < -0.4 is 15.6 Å². The Labute approximate surface area is 179 Å². The Bertz CT molecular complexity index is 1100. The molecule has 0 atom stereocenters. The summed E-state index contributed by atoms with van der Waals surface area (Å²) in [6.07, 6.45) is 3.99. The number of halogens is 1. The number of aromatic nitrogens is 2. The molecule has 1 heterocycles. The predicted octanol–water partition coefficient (Wildman–Crippen LogP) is 4.63. The average Bonchev–Trinajstić information content (AvgIpc) is 2.77. The third kappa shape index (κ3) is 5.36. The highest BCUT2D eigenvalue weighted by Gasteiger charge is 2.12. The molecular weight excluding hydrogens is 402 g/mol. The maximum Gasteiger partial charge on any atom is 0.290 e. The van der Waals surface area contributed by atoms with Gasteiger partial charge < -0.3 is 10.1 Å². The van der Waals surface area contributed by atoms with E-state index in [1.807, 2.05) is 48.6 Å². The summed E-state index contributed by atoms with van der Waals surface area (Å²) in [6, 6.07) is 16.3. The normalized spacial score (nSPS) is 10.9. The summed E-state index contributed by atoms with van der Waals surface area (Å²) in [5, 5.41) is 7.81. The fourth-order valence-electron chi connectivity index (χ4n) is 2.76. The summed E-state index contributed by atoms with van der Waals surface area (Å²) in [7, 11) is 1.60. The van der Waals surface area contributed by atoms with E-state index in [1.165, 1.54) is 4.68 Å². The molecule has 0 aliphatic carbocycles. The number of carbonyl (C=O) groups is 1. The molecule has 2 aromatic carbocycles. The number of allylic oxidation sites excluding steroid dienone is 1. The van der Waals surface area contributed by atoms with Crippen LogP contribution in [-0.2, 0) is 11.3 Å². The first kappa shape index (κ1) is 21.3. The zero-order valence-electron chi connectivity index (χ0n) is 16.8. The molecule has 0 bridgehead atoms. The van der Waals surface area contributed by atoms with E-state index in [4.69, 9.17) is 16.3 Å². The van der Waals surface area contributed by atoms with E-state index >= 15 is 0 Å². The van der Waals surface area contributed by atoms with Gasteiger partial charge >= 0.3 is 0 Å². The van der Waals surface area contributed by atoms with E-state index in [2.05, 4.69) is 10.4 Å². The van der Waals surface area contributed by atoms with Crippen LogP contribution in [-0.4, -0.2) is 22.8 Å². The molecule has 0 aliphatic rings. The number of ether oxygens (including phenoxy) is 1. The fourth-order valence-corrected chi connectivity index (χ4v) is 2.89. The van der Waals surface area contributed by atoms with Gasteiger partial charge in [0.25, 0.3) is 5.56 Å². The van der Waals surface area contributed by atoms with Crippen molar-refractivity contribution in [1.29, 1.82) is 0 Å². The first-order valence-electron chi connectivity index (χ1n) is 9.48. The van der Waals surface area contributed by atoms with Crippen LogP contribution in [0.5, 0.6) is 5.75 Å². The molecule has 154 valence electrons. The zero-order valence-corrected chi connectivity index (χ0v) is 17.5. The summed E-state index contributed by atoms with van der Waals surface area (Å²) in [6.45, 7) is 1.98. The molecule has 0 radical (unpaired) electrons. The summed E-state index contributed by atoms with van der Waals surface area (Å²) in [4.78, 5) is 24.7. The molecule has 1 N–H and O–H groups in total. The third-order valence-electron chi connectivity index (χ3n) is 4.41. The van der Waals surface area contributed by atoms with Crippen molar-refractivity contribution < 1.29 is 9.53 Å². The van der Waals surface area contributed by atoms with Gasteiger partial charge in [-0.1, -0.05) is 42.8 Å². The molecule has 3 aromatic rings. The maximum absolute atomic E-state index is 12.8. The standard InChI is InChI=1S/C23H22ClN3O3/c1-3-22(28)25-21-15-20(17-8-12-19(30-2)13-9-17)26-27(23(21)29)14-4-5-16-6-10-18(24)11-7-16/h4-13,15H,3,14H2,1-2H3,(H,25,28). The number of methoxy groups -OCH3 is 1.